The number of carbonyl (C=O) groups is 3. The molecule has 1 amide bonds. The smallest absolute Gasteiger partial charge is 0.408 e. The standard InChI is InChI=1S/C23H33N3O5/c1-14(2)19(25-22(29)31-23(3,4)5)21(28)30-20(27)16-9-8-10-17-18(16)15(13-24-17)11-12-26(6)7/h8-10,13-14,19,24H,11-12H2,1-7H3,(H,25,29)/t19-/m0/s1. The monoisotopic (exact) mass is 431 g/mol. The second-order valence-electron chi connectivity index (χ2n) is 9.17. The summed E-state index contributed by atoms with van der Waals surface area (Å²) in [7, 11) is 3.96. The van der Waals surface area contributed by atoms with Crippen LogP contribution in [0.15, 0.2) is 24.4 Å². The zero-order valence-electron chi connectivity index (χ0n) is 19.4. The number of hydrogen-bond donors (Lipinski definition) is 2. The highest BCUT2D eigenvalue weighted by Crippen LogP contribution is 2.24. The Bertz CT molecular complexity index is 940. The molecule has 0 aliphatic carbocycles. The largest absolute Gasteiger partial charge is 0.444 e. The molecule has 8 nitrogen and oxygen atoms in total. The first-order valence-corrected chi connectivity index (χ1v) is 10.4. The first kappa shape index (κ1) is 24.4. The zero-order chi connectivity index (χ0) is 23.3. The minimum atomic E-state index is -1.02. The van der Waals surface area contributed by atoms with E-state index in [4.69, 9.17) is 9.47 Å². The molecule has 1 heterocycles. The van der Waals surface area contributed by atoms with Crippen molar-refractivity contribution < 1.29 is 23.9 Å². The van der Waals surface area contributed by atoms with Gasteiger partial charge in [-0.2, -0.15) is 0 Å². The number of nitrogens with zero attached hydrogens (tertiary/aromatic N) is 1. The maximum Gasteiger partial charge on any atom is 0.408 e. The number of benzene rings is 1. The molecular weight excluding hydrogens is 398 g/mol. The van der Waals surface area contributed by atoms with Gasteiger partial charge in [0.05, 0.1) is 5.56 Å². The van der Waals surface area contributed by atoms with Gasteiger partial charge in [-0.15, -0.1) is 0 Å². The van der Waals surface area contributed by atoms with Gasteiger partial charge in [-0.1, -0.05) is 19.9 Å². The van der Waals surface area contributed by atoms with Crippen molar-refractivity contribution in [2.24, 2.45) is 5.92 Å². The van der Waals surface area contributed by atoms with Gasteiger partial charge >= 0.3 is 18.0 Å². The molecule has 0 aliphatic heterocycles. The van der Waals surface area contributed by atoms with Crippen LogP contribution in [0.1, 0.15) is 50.5 Å². The van der Waals surface area contributed by atoms with Gasteiger partial charge in [-0.3, -0.25) is 0 Å². The number of carbonyl (C=O) groups excluding carboxylic acids is 3. The maximum atomic E-state index is 12.9. The summed E-state index contributed by atoms with van der Waals surface area (Å²) in [5.74, 6) is -1.88. The third-order valence-corrected chi connectivity index (χ3v) is 4.62. The van der Waals surface area contributed by atoms with Gasteiger partial charge in [-0.05, 0) is 64.9 Å². The number of amides is 1. The van der Waals surface area contributed by atoms with Gasteiger partial charge < -0.3 is 24.7 Å². The predicted octanol–water partition coefficient (Wildman–Crippen LogP) is 3.50. The fourth-order valence-electron chi connectivity index (χ4n) is 3.11. The Labute approximate surface area is 183 Å². The molecule has 8 heteroatoms. The lowest BCUT2D eigenvalue weighted by atomic mass is 10.0. The molecule has 1 aromatic heterocycles. The van der Waals surface area contributed by atoms with Crippen molar-refractivity contribution in [3.8, 4) is 0 Å². The van der Waals surface area contributed by atoms with Gasteiger partial charge in [0.2, 0.25) is 0 Å². The Morgan fingerprint density at radius 1 is 1.16 bits per heavy atom. The van der Waals surface area contributed by atoms with E-state index in [9.17, 15) is 14.4 Å². The van der Waals surface area contributed by atoms with Crippen LogP contribution in [0.25, 0.3) is 10.9 Å². The zero-order valence-corrected chi connectivity index (χ0v) is 19.4. The van der Waals surface area contributed by atoms with Crippen LogP contribution in [-0.4, -0.2) is 60.2 Å². The summed E-state index contributed by atoms with van der Waals surface area (Å²) in [6.45, 7) is 9.49. The summed E-state index contributed by atoms with van der Waals surface area (Å²) in [6, 6.07) is 4.22. The van der Waals surface area contributed by atoms with E-state index >= 15 is 0 Å². The normalized spacial score (nSPS) is 12.8. The fourth-order valence-corrected chi connectivity index (χ4v) is 3.11. The summed E-state index contributed by atoms with van der Waals surface area (Å²) in [5.41, 5.74) is 1.36. The molecule has 0 bridgehead atoms. The van der Waals surface area contributed by atoms with E-state index in [1.165, 1.54) is 0 Å². The maximum absolute atomic E-state index is 12.9. The number of rotatable bonds is 7. The van der Waals surface area contributed by atoms with Crippen molar-refractivity contribution in [2.45, 2.75) is 52.7 Å². The lowest BCUT2D eigenvalue weighted by Gasteiger charge is -2.24. The number of esters is 2. The molecule has 0 fully saturated rings. The highest BCUT2D eigenvalue weighted by atomic mass is 16.6. The van der Waals surface area contributed by atoms with E-state index in [1.54, 1.807) is 46.8 Å². The van der Waals surface area contributed by atoms with Crippen molar-refractivity contribution in [1.29, 1.82) is 0 Å². The van der Waals surface area contributed by atoms with E-state index in [2.05, 4.69) is 15.2 Å². The number of ether oxygens (including phenoxy) is 2. The lowest BCUT2D eigenvalue weighted by molar-refractivity contribution is -0.141. The Kier molecular flexibility index (Phi) is 7.84. The molecule has 2 N–H and O–H groups in total. The van der Waals surface area contributed by atoms with Crippen LogP contribution in [0.4, 0.5) is 4.79 Å². The van der Waals surface area contributed by atoms with Crippen LogP contribution < -0.4 is 5.32 Å². The number of fused-ring (bicyclic) bond motifs is 1. The van der Waals surface area contributed by atoms with Gasteiger partial charge in [0.1, 0.15) is 11.6 Å². The van der Waals surface area contributed by atoms with Crippen LogP contribution in [0, 0.1) is 5.92 Å². The van der Waals surface area contributed by atoms with Crippen LogP contribution in [0.3, 0.4) is 0 Å². The van der Waals surface area contributed by atoms with Gasteiger partial charge in [0.15, 0.2) is 0 Å². The quantitative estimate of drug-likeness (QED) is 0.514. The Morgan fingerprint density at radius 2 is 1.84 bits per heavy atom. The topological polar surface area (TPSA) is 101 Å². The van der Waals surface area contributed by atoms with Gasteiger partial charge in [0, 0.05) is 23.6 Å². The number of hydrogen-bond acceptors (Lipinski definition) is 6. The van der Waals surface area contributed by atoms with Crippen LogP contribution in [0.2, 0.25) is 0 Å². The molecule has 1 atom stereocenters. The minimum absolute atomic E-state index is 0.300. The molecule has 31 heavy (non-hydrogen) atoms. The number of nitrogens with one attached hydrogen (secondary N) is 2. The first-order valence-electron chi connectivity index (χ1n) is 10.4. The van der Waals surface area contributed by atoms with Crippen molar-refractivity contribution in [2.75, 3.05) is 20.6 Å². The summed E-state index contributed by atoms with van der Waals surface area (Å²) >= 11 is 0. The van der Waals surface area contributed by atoms with Crippen molar-refractivity contribution in [1.82, 2.24) is 15.2 Å². The minimum Gasteiger partial charge on any atom is -0.444 e. The average Bonchev–Trinajstić information content (AvgIpc) is 3.05. The molecule has 0 saturated carbocycles. The number of aromatic nitrogens is 1. The van der Waals surface area contributed by atoms with Crippen molar-refractivity contribution in [3.05, 3.63) is 35.5 Å². The van der Waals surface area contributed by atoms with E-state index in [1.807, 2.05) is 26.4 Å². The third kappa shape index (κ3) is 6.82. The van der Waals surface area contributed by atoms with Crippen LogP contribution >= 0.6 is 0 Å². The number of alkyl carbamates (subject to hydrolysis) is 1. The highest BCUT2D eigenvalue weighted by molar-refractivity contribution is 6.08. The van der Waals surface area contributed by atoms with Crippen molar-refractivity contribution in [3.63, 3.8) is 0 Å². The molecule has 2 rings (SSSR count). The van der Waals surface area contributed by atoms with Crippen LogP contribution in [-0.2, 0) is 20.7 Å². The van der Waals surface area contributed by atoms with Gasteiger partial charge in [-0.25, -0.2) is 14.4 Å². The first-order chi connectivity index (χ1) is 14.4. The Morgan fingerprint density at radius 3 is 2.42 bits per heavy atom. The number of aromatic amines is 1. The summed E-state index contributed by atoms with van der Waals surface area (Å²) in [4.78, 5) is 42.9. The molecule has 2 aromatic rings. The molecule has 0 radical (unpaired) electrons. The second-order valence-corrected chi connectivity index (χ2v) is 9.17. The molecule has 0 spiro atoms. The molecule has 0 aliphatic rings. The number of likely N-dealkylation sites (N-methyl/N-ethyl adjacent to an activating group) is 1. The van der Waals surface area contributed by atoms with E-state index in [0.717, 1.165) is 29.4 Å². The van der Waals surface area contributed by atoms with E-state index in [-0.39, 0.29) is 5.92 Å². The average molecular weight is 432 g/mol. The fraction of sp³-hybridized carbons (Fsp3) is 0.522. The number of H-pyrrole nitrogens is 1. The molecule has 170 valence electrons. The summed E-state index contributed by atoms with van der Waals surface area (Å²) in [6.07, 6.45) is 1.86. The Balaban J connectivity index is 2.20. The summed E-state index contributed by atoms with van der Waals surface area (Å²) in [5, 5.41) is 3.25. The van der Waals surface area contributed by atoms with Crippen LogP contribution in [0.5, 0.6) is 0 Å². The molecular formula is C23H33N3O5. The molecule has 1 aromatic carbocycles. The molecule has 0 unspecified atom stereocenters. The van der Waals surface area contributed by atoms with Crippen molar-refractivity contribution >= 4 is 28.9 Å². The van der Waals surface area contributed by atoms with E-state index in [0.29, 0.717) is 5.56 Å². The second kappa shape index (κ2) is 9.96. The highest BCUT2D eigenvalue weighted by Gasteiger charge is 2.30. The summed E-state index contributed by atoms with van der Waals surface area (Å²) < 4.78 is 10.4. The van der Waals surface area contributed by atoms with Gasteiger partial charge in [0.25, 0.3) is 0 Å². The Hall–Kier alpha value is -2.87. The third-order valence-electron chi connectivity index (χ3n) is 4.62. The molecule has 0 saturated heterocycles. The predicted molar refractivity (Wildman–Crippen MR) is 119 cm³/mol. The lowest BCUT2D eigenvalue weighted by Crippen LogP contribution is -2.47. The van der Waals surface area contributed by atoms with E-state index < -0.39 is 29.7 Å². The SMILES string of the molecule is CC(C)[C@H](NC(=O)OC(C)(C)C)C(=O)OC(=O)c1cccc2[nH]cc(CCN(C)C)c12.